The molecule has 5 aromatic rings. The molecule has 5 heterocycles. The Labute approximate surface area is 213 Å². The van der Waals surface area contributed by atoms with Crippen molar-refractivity contribution in [3.8, 4) is 16.3 Å². The smallest absolute Gasteiger partial charge is 0.348 e. The molecule has 5 rings (SSSR count). The Morgan fingerprint density at radius 2 is 1.95 bits per heavy atom. The molecule has 0 fully saturated rings. The number of hydrogen-bond acceptors (Lipinski definition) is 7. The monoisotopic (exact) mass is 526 g/mol. The van der Waals surface area contributed by atoms with Gasteiger partial charge in [-0.3, -0.25) is 14.2 Å². The van der Waals surface area contributed by atoms with Gasteiger partial charge in [-0.2, -0.15) is 17.9 Å². The summed E-state index contributed by atoms with van der Waals surface area (Å²) < 4.78 is 41.8. The highest BCUT2D eigenvalue weighted by atomic mass is 32.1. The van der Waals surface area contributed by atoms with Crippen LogP contribution in [0.15, 0.2) is 48.9 Å². The van der Waals surface area contributed by atoms with Crippen molar-refractivity contribution in [3.63, 3.8) is 0 Å². The highest BCUT2D eigenvalue weighted by Gasteiger charge is 2.32. The second-order valence-corrected chi connectivity index (χ2v) is 9.98. The molecular weight excluding hydrogens is 505 g/mol. The summed E-state index contributed by atoms with van der Waals surface area (Å²) in [6.45, 7) is 5.92. The normalized spacial score (nSPS) is 12.0. The standard InChI is InChI=1S/C24H21F3N8OS/c1-13(2)21-31-32-33-35(21)17-8-16(12-34-18(11-29-22(17)34)19-6-4-14(3)37-19)23(36)30-10-15-5-7-20(28-9-15)24(25,26)27/h4-9,11-13H,10H2,1-3H3,(H,30,36). The molecule has 37 heavy (non-hydrogen) atoms. The van der Waals surface area contributed by atoms with Crippen molar-refractivity contribution < 1.29 is 18.0 Å². The first-order valence-corrected chi connectivity index (χ1v) is 12.1. The summed E-state index contributed by atoms with van der Waals surface area (Å²) in [5.41, 5.74) is 1.64. The summed E-state index contributed by atoms with van der Waals surface area (Å²) in [5, 5.41) is 14.8. The zero-order valence-corrected chi connectivity index (χ0v) is 20.8. The Morgan fingerprint density at radius 1 is 1.14 bits per heavy atom. The second kappa shape index (κ2) is 9.39. The van der Waals surface area contributed by atoms with Gasteiger partial charge in [0.25, 0.3) is 5.91 Å². The van der Waals surface area contributed by atoms with Crippen molar-refractivity contribution in [2.24, 2.45) is 0 Å². The first kappa shape index (κ1) is 24.6. The predicted molar refractivity (Wildman–Crippen MR) is 130 cm³/mol. The number of tetrazole rings is 1. The van der Waals surface area contributed by atoms with Crippen molar-refractivity contribution in [2.75, 3.05) is 0 Å². The molecule has 0 spiro atoms. The Morgan fingerprint density at radius 3 is 2.59 bits per heavy atom. The van der Waals surface area contributed by atoms with Gasteiger partial charge in [-0.25, -0.2) is 4.98 Å². The molecule has 5 aromatic heterocycles. The number of fused-ring (bicyclic) bond motifs is 1. The number of nitrogens with one attached hydrogen (secondary N) is 1. The average molecular weight is 527 g/mol. The van der Waals surface area contributed by atoms with E-state index < -0.39 is 17.8 Å². The molecule has 1 N–H and O–H groups in total. The fourth-order valence-corrected chi connectivity index (χ4v) is 4.69. The van der Waals surface area contributed by atoms with Gasteiger partial charge in [-0.05, 0) is 47.2 Å². The fourth-order valence-electron chi connectivity index (χ4n) is 3.81. The molecule has 0 bridgehead atoms. The predicted octanol–water partition coefficient (Wildman–Crippen LogP) is 4.81. The molecule has 0 aromatic carbocycles. The van der Waals surface area contributed by atoms with Crippen LogP contribution in [0.25, 0.3) is 21.9 Å². The van der Waals surface area contributed by atoms with Gasteiger partial charge in [0.15, 0.2) is 11.5 Å². The van der Waals surface area contributed by atoms with E-state index >= 15 is 0 Å². The van der Waals surface area contributed by atoms with Gasteiger partial charge in [0, 0.05) is 29.7 Å². The summed E-state index contributed by atoms with van der Waals surface area (Å²) in [5.74, 6) is 0.185. The zero-order valence-electron chi connectivity index (χ0n) is 20.0. The number of nitrogens with zero attached hydrogens (tertiary/aromatic N) is 7. The topological polar surface area (TPSA) is 103 Å². The lowest BCUT2D eigenvalue weighted by Gasteiger charge is -2.12. The first-order chi connectivity index (χ1) is 17.6. The number of halogens is 3. The molecular formula is C24H21F3N8OS. The zero-order chi connectivity index (χ0) is 26.3. The van der Waals surface area contributed by atoms with Crippen molar-refractivity contribution in [3.05, 3.63) is 76.4 Å². The molecule has 0 radical (unpaired) electrons. The number of pyridine rings is 2. The van der Waals surface area contributed by atoms with E-state index in [-0.39, 0.29) is 12.5 Å². The number of rotatable bonds is 6. The summed E-state index contributed by atoms with van der Waals surface area (Å²) in [7, 11) is 0. The van der Waals surface area contributed by atoms with Gasteiger partial charge in [-0.1, -0.05) is 19.9 Å². The maximum Gasteiger partial charge on any atom is 0.433 e. The molecule has 0 aliphatic heterocycles. The minimum absolute atomic E-state index is 0.000368. The number of hydrogen-bond donors (Lipinski definition) is 1. The molecule has 0 saturated heterocycles. The molecule has 0 saturated carbocycles. The van der Waals surface area contributed by atoms with Gasteiger partial charge in [0.2, 0.25) is 0 Å². The van der Waals surface area contributed by atoms with E-state index in [2.05, 4.69) is 30.8 Å². The lowest BCUT2D eigenvalue weighted by molar-refractivity contribution is -0.141. The quantitative estimate of drug-likeness (QED) is 0.341. The Bertz CT molecular complexity index is 1580. The summed E-state index contributed by atoms with van der Waals surface area (Å²) in [4.78, 5) is 23.4. The molecule has 13 heteroatoms. The van der Waals surface area contributed by atoms with Crippen LogP contribution < -0.4 is 5.32 Å². The molecule has 190 valence electrons. The van der Waals surface area contributed by atoms with Crippen LogP contribution in [0.4, 0.5) is 13.2 Å². The highest BCUT2D eigenvalue weighted by molar-refractivity contribution is 7.15. The van der Waals surface area contributed by atoms with Crippen LogP contribution in [0, 0.1) is 6.92 Å². The Balaban J connectivity index is 1.53. The van der Waals surface area contributed by atoms with Gasteiger partial charge in [0.05, 0.1) is 22.3 Å². The van der Waals surface area contributed by atoms with E-state index in [4.69, 9.17) is 0 Å². The first-order valence-electron chi connectivity index (χ1n) is 11.3. The number of aromatic nitrogens is 7. The maximum absolute atomic E-state index is 13.2. The summed E-state index contributed by atoms with van der Waals surface area (Å²) in [6, 6.07) is 7.82. The summed E-state index contributed by atoms with van der Waals surface area (Å²) >= 11 is 1.60. The van der Waals surface area contributed by atoms with Crippen LogP contribution in [-0.4, -0.2) is 40.5 Å². The van der Waals surface area contributed by atoms with Crippen LogP contribution in [0.5, 0.6) is 0 Å². The third kappa shape index (κ3) is 4.81. The van der Waals surface area contributed by atoms with Crippen molar-refractivity contribution in [1.29, 1.82) is 0 Å². The maximum atomic E-state index is 13.2. The number of aryl methyl sites for hydroxylation is 1. The SMILES string of the molecule is Cc1ccc(-c2cnc3c(-n4nnnc4C(C)C)cc(C(=O)NCc4ccc(C(F)(F)F)nc4)cn23)s1. The number of thiophene rings is 1. The van der Waals surface area contributed by atoms with Gasteiger partial charge in [0.1, 0.15) is 11.4 Å². The van der Waals surface area contributed by atoms with Crippen LogP contribution in [0.2, 0.25) is 0 Å². The van der Waals surface area contributed by atoms with E-state index in [0.717, 1.165) is 27.7 Å². The Hall–Kier alpha value is -4.13. The van der Waals surface area contributed by atoms with E-state index in [1.54, 1.807) is 34.5 Å². The third-order valence-corrected chi connectivity index (χ3v) is 6.67. The van der Waals surface area contributed by atoms with Crippen LogP contribution in [-0.2, 0) is 12.7 Å². The minimum Gasteiger partial charge on any atom is -0.348 e. The van der Waals surface area contributed by atoms with Gasteiger partial charge >= 0.3 is 6.18 Å². The van der Waals surface area contributed by atoms with Gasteiger partial charge in [-0.15, -0.1) is 16.4 Å². The lowest BCUT2D eigenvalue weighted by Crippen LogP contribution is -2.24. The van der Waals surface area contributed by atoms with Crippen LogP contribution in [0.1, 0.15) is 52.1 Å². The highest BCUT2D eigenvalue weighted by Crippen LogP contribution is 2.31. The van der Waals surface area contributed by atoms with E-state index in [9.17, 15) is 18.0 Å². The van der Waals surface area contributed by atoms with Crippen molar-refractivity contribution in [1.82, 2.24) is 39.9 Å². The second-order valence-electron chi connectivity index (χ2n) is 8.70. The Kier molecular flexibility index (Phi) is 6.23. The number of amides is 1. The number of carbonyl (C=O) groups is 1. The van der Waals surface area contributed by atoms with E-state index in [1.807, 2.05) is 37.3 Å². The summed E-state index contributed by atoms with van der Waals surface area (Å²) in [6.07, 6.45) is -0.0158. The van der Waals surface area contributed by atoms with Crippen LogP contribution >= 0.6 is 11.3 Å². The van der Waals surface area contributed by atoms with E-state index in [0.29, 0.717) is 28.3 Å². The number of alkyl halides is 3. The largest absolute Gasteiger partial charge is 0.433 e. The van der Waals surface area contributed by atoms with Crippen molar-refractivity contribution in [2.45, 2.75) is 39.4 Å². The molecule has 0 unspecified atom stereocenters. The average Bonchev–Trinajstić information content (AvgIpc) is 3.61. The molecule has 0 aliphatic carbocycles. The minimum atomic E-state index is -4.53. The third-order valence-electron chi connectivity index (χ3n) is 5.65. The number of imidazole rings is 1. The van der Waals surface area contributed by atoms with Gasteiger partial charge < -0.3 is 5.32 Å². The van der Waals surface area contributed by atoms with Crippen LogP contribution in [0.3, 0.4) is 0 Å². The fraction of sp³-hybridized carbons (Fsp3) is 0.250. The molecule has 9 nitrogen and oxygen atoms in total. The van der Waals surface area contributed by atoms with Crippen molar-refractivity contribution >= 4 is 22.9 Å². The van der Waals surface area contributed by atoms with E-state index in [1.165, 1.54) is 6.07 Å². The molecule has 0 atom stereocenters. The molecule has 0 aliphatic rings. The molecule has 1 amide bonds. The number of carbonyl (C=O) groups excluding carboxylic acids is 1. The lowest BCUT2D eigenvalue weighted by atomic mass is 10.2.